The van der Waals surface area contributed by atoms with E-state index in [1.165, 1.54) is 5.56 Å². The van der Waals surface area contributed by atoms with E-state index >= 15 is 0 Å². The molecule has 32 heavy (non-hydrogen) atoms. The third-order valence-corrected chi connectivity index (χ3v) is 5.50. The van der Waals surface area contributed by atoms with E-state index in [1.54, 1.807) is 0 Å². The van der Waals surface area contributed by atoms with Gasteiger partial charge in [-0.25, -0.2) is 4.39 Å². The smallest absolute Gasteiger partial charge is 0.134 e. The van der Waals surface area contributed by atoms with E-state index in [2.05, 4.69) is 61.8 Å². The molecule has 156 valence electrons. The molecule has 0 aliphatic heterocycles. The quantitative estimate of drug-likeness (QED) is 0.308. The Labute approximate surface area is 190 Å². The molecule has 1 heteroatoms. The average molecular weight is 417 g/mol. The zero-order chi connectivity index (χ0) is 22.3. The van der Waals surface area contributed by atoms with Crippen molar-refractivity contribution in [2.24, 2.45) is 0 Å². The number of fused-ring (bicyclic) bond motifs is 1. The van der Waals surface area contributed by atoms with Gasteiger partial charge in [0.1, 0.15) is 5.82 Å². The Hall–Kier alpha value is -3.81. The Morgan fingerprint density at radius 2 is 1.16 bits per heavy atom. The van der Waals surface area contributed by atoms with E-state index in [0.29, 0.717) is 5.39 Å². The second-order valence-corrected chi connectivity index (χ2v) is 7.85. The summed E-state index contributed by atoms with van der Waals surface area (Å²) in [4.78, 5) is 0. The molecule has 0 spiro atoms. The first-order valence-corrected chi connectivity index (χ1v) is 11.1. The Morgan fingerprint density at radius 1 is 0.625 bits per heavy atom. The van der Waals surface area contributed by atoms with E-state index in [1.807, 2.05) is 54.6 Å². The van der Waals surface area contributed by atoms with Crippen LogP contribution in [0.15, 0.2) is 78.9 Å². The topological polar surface area (TPSA) is 0 Å². The average Bonchev–Trinajstić information content (AvgIpc) is 2.84. The highest BCUT2D eigenvalue weighted by atomic mass is 19.1. The van der Waals surface area contributed by atoms with Crippen LogP contribution >= 0.6 is 0 Å². The summed E-state index contributed by atoms with van der Waals surface area (Å²) in [6.07, 6.45) is 2.73. The van der Waals surface area contributed by atoms with Crippen molar-refractivity contribution in [2.45, 2.75) is 33.1 Å². The van der Waals surface area contributed by atoms with Crippen molar-refractivity contribution >= 4 is 10.8 Å². The second-order valence-electron chi connectivity index (χ2n) is 7.85. The lowest BCUT2D eigenvalue weighted by atomic mass is 10.0. The van der Waals surface area contributed by atoms with Crippen LogP contribution in [0.5, 0.6) is 0 Å². The maximum absolute atomic E-state index is 14.6. The first-order valence-electron chi connectivity index (χ1n) is 11.1. The Balaban J connectivity index is 1.49. The molecule has 0 saturated carbocycles. The highest BCUT2D eigenvalue weighted by Crippen LogP contribution is 2.23. The van der Waals surface area contributed by atoms with Crippen molar-refractivity contribution in [1.29, 1.82) is 0 Å². The molecule has 4 rings (SSSR count). The zero-order valence-corrected chi connectivity index (χ0v) is 18.5. The van der Waals surface area contributed by atoms with E-state index in [4.69, 9.17) is 0 Å². The Bertz CT molecular complexity index is 1350. The third kappa shape index (κ3) is 5.08. The van der Waals surface area contributed by atoms with Gasteiger partial charge in [0, 0.05) is 27.6 Å². The fourth-order valence-electron chi connectivity index (χ4n) is 3.63. The zero-order valence-electron chi connectivity index (χ0n) is 18.5. The van der Waals surface area contributed by atoms with Gasteiger partial charge in [-0.3, -0.25) is 0 Å². The number of rotatable bonds is 3. The first kappa shape index (κ1) is 21.4. The van der Waals surface area contributed by atoms with E-state index < -0.39 is 0 Å². The highest BCUT2D eigenvalue weighted by molar-refractivity contribution is 5.85. The van der Waals surface area contributed by atoms with Gasteiger partial charge in [0.25, 0.3) is 0 Å². The van der Waals surface area contributed by atoms with Crippen LogP contribution in [0.2, 0.25) is 0 Å². The lowest BCUT2D eigenvalue weighted by molar-refractivity contribution is 0.619. The molecular weight excluding hydrogens is 391 g/mol. The molecule has 0 heterocycles. The Kier molecular flexibility index (Phi) is 6.69. The van der Waals surface area contributed by atoms with Gasteiger partial charge in [0.05, 0.1) is 0 Å². The molecule has 0 nitrogen and oxygen atoms in total. The van der Waals surface area contributed by atoms with Crippen molar-refractivity contribution in [2.75, 3.05) is 0 Å². The van der Waals surface area contributed by atoms with Crippen molar-refractivity contribution < 1.29 is 4.39 Å². The number of hydrogen-bond acceptors (Lipinski definition) is 0. The van der Waals surface area contributed by atoms with Gasteiger partial charge >= 0.3 is 0 Å². The normalized spacial score (nSPS) is 10.2. The predicted octanol–water partition coefficient (Wildman–Crippen LogP) is 7.29. The summed E-state index contributed by atoms with van der Waals surface area (Å²) >= 11 is 0. The summed E-state index contributed by atoms with van der Waals surface area (Å²) in [6.45, 7) is 4.21. The molecule has 0 aromatic heterocycles. The van der Waals surface area contributed by atoms with Crippen molar-refractivity contribution in [1.82, 2.24) is 0 Å². The number of halogens is 1. The minimum Gasteiger partial charge on any atom is -0.206 e. The van der Waals surface area contributed by atoms with Crippen LogP contribution in [-0.4, -0.2) is 0 Å². The van der Waals surface area contributed by atoms with Crippen molar-refractivity contribution in [3.8, 4) is 23.7 Å². The molecule has 4 aromatic carbocycles. The molecular formula is C31H25F. The molecule has 4 aromatic rings. The lowest BCUT2D eigenvalue weighted by Gasteiger charge is -2.06. The van der Waals surface area contributed by atoms with Crippen LogP contribution in [0.25, 0.3) is 10.8 Å². The minimum absolute atomic E-state index is 0.109. The summed E-state index contributed by atoms with van der Waals surface area (Å²) in [5.74, 6) is 12.7. The molecule has 0 fully saturated rings. The minimum atomic E-state index is -0.109. The fraction of sp³-hybridized carbons (Fsp3) is 0.161. The molecule has 0 unspecified atom stereocenters. The summed E-state index contributed by atoms with van der Waals surface area (Å²) in [5, 5.41) is 1.54. The second kappa shape index (κ2) is 10.00. The molecule has 0 bridgehead atoms. The molecule has 0 radical (unpaired) electrons. The van der Waals surface area contributed by atoms with Crippen LogP contribution in [0.3, 0.4) is 0 Å². The summed E-state index contributed by atoms with van der Waals surface area (Å²) in [7, 11) is 0. The van der Waals surface area contributed by atoms with Gasteiger partial charge in [-0.1, -0.05) is 74.3 Å². The molecule has 0 aliphatic carbocycles. The van der Waals surface area contributed by atoms with Gasteiger partial charge in [0.15, 0.2) is 0 Å². The molecule has 0 saturated heterocycles. The van der Waals surface area contributed by atoms with E-state index in [0.717, 1.165) is 52.5 Å². The fourth-order valence-corrected chi connectivity index (χ4v) is 3.63. The summed E-state index contributed by atoms with van der Waals surface area (Å²) < 4.78 is 14.6. The van der Waals surface area contributed by atoms with E-state index in [9.17, 15) is 4.39 Å². The van der Waals surface area contributed by atoms with Gasteiger partial charge in [-0.05, 0) is 77.9 Å². The molecule has 0 amide bonds. The van der Waals surface area contributed by atoms with Gasteiger partial charge in [0.2, 0.25) is 0 Å². The van der Waals surface area contributed by atoms with Crippen LogP contribution in [0.4, 0.5) is 4.39 Å². The lowest BCUT2D eigenvalue weighted by Crippen LogP contribution is -1.91. The van der Waals surface area contributed by atoms with Crippen molar-refractivity contribution in [3.63, 3.8) is 0 Å². The monoisotopic (exact) mass is 416 g/mol. The van der Waals surface area contributed by atoms with E-state index in [-0.39, 0.29) is 5.82 Å². The Morgan fingerprint density at radius 3 is 1.72 bits per heavy atom. The predicted molar refractivity (Wildman–Crippen MR) is 132 cm³/mol. The SMILES string of the molecule is CCCc1ccc2cc(C#Cc3ccc(C#Cc4ccc(CC)cc4)cc3)ccc2c1F. The first-order chi connectivity index (χ1) is 15.7. The van der Waals surface area contributed by atoms with Crippen LogP contribution in [0, 0.1) is 29.5 Å². The van der Waals surface area contributed by atoms with Gasteiger partial charge < -0.3 is 0 Å². The molecule has 0 aliphatic rings. The largest absolute Gasteiger partial charge is 0.206 e. The molecule has 0 atom stereocenters. The number of aryl methyl sites for hydroxylation is 2. The van der Waals surface area contributed by atoms with Crippen molar-refractivity contribution in [3.05, 3.63) is 118 Å². The van der Waals surface area contributed by atoms with Gasteiger partial charge in [-0.2, -0.15) is 0 Å². The van der Waals surface area contributed by atoms with Gasteiger partial charge in [-0.15, -0.1) is 0 Å². The van der Waals surface area contributed by atoms with Crippen LogP contribution in [-0.2, 0) is 12.8 Å². The number of benzene rings is 4. The van der Waals surface area contributed by atoms with Crippen LogP contribution < -0.4 is 0 Å². The third-order valence-electron chi connectivity index (χ3n) is 5.50. The molecule has 0 N–H and O–H groups in total. The summed E-state index contributed by atoms with van der Waals surface area (Å²) in [5.41, 5.74) is 5.86. The highest BCUT2D eigenvalue weighted by Gasteiger charge is 2.06. The summed E-state index contributed by atoms with van der Waals surface area (Å²) in [6, 6.07) is 25.8. The maximum Gasteiger partial charge on any atom is 0.134 e. The van der Waals surface area contributed by atoms with Crippen LogP contribution in [0.1, 0.15) is 53.6 Å². The standard InChI is InChI=1S/C31H25F/c1-3-5-28-19-20-29-22-27(18-21-30(29)31(28)32)17-16-26-14-12-25(13-15-26)11-10-24-8-6-23(4-2)7-9-24/h6-9,12-15,18-22H,3-5H2,1-2H3. The number of hydrogen-bond donors (Lipinski definition) is 0. The maximum atomic E-state index is 14.6.